The quantitative estimate of drug-likeness (QED) is 0.785. The normalized spacial score (nSPS) is 14.9. The maximum atomic E-state index is 12.4. The molecule has 1 rings (SSSR count). The fourth-order valence-corrected chi connectivity index (χ4v) is 1.37. The zero-order valence-electron chi connectivity index (χ0n) is 9.60. The van der Waals surface area contributed by atoms with E-state index in [2.05, 4.69) is 12.3 Å². The van der Waals surface area contributed by atoms with Crippen molar-refractivity contribution in [1.82, 2.24) is 0 Å². The lowest BCUT2D eigenvalue weighted by molar-refractivity contribution is -0.137. The van der Waals surface area contributed by atoms with Gasteiger partial charge in [0.25, 0.3) is 0 Å². The van der Waals surface area contributed by atoms with Crippen molar-refractivity contribution in [3.63, 3.8) is 0 Å². The minimum Gasteiger partial charge on any atom is -0.380 e. The van der Waals surface area contributed by atoms with Crippen LogP contribution in [0.2, 0.25) is 0 Å². The lowest BCUT2D eigenvalue weighted by Gasteiger charge is -2.24. The van der Waals surface area contributed by atoms with Gasteiger partial charge in [-0.05, 0) is 31.5 Å². The molecule has 1 aromatic rings. The highest BCUT2D eigenvalue weighted by Crippen LogP contribution is 2.32. The first kappa shape index (κ1) is 13.6. The summed E-state index contributed by atoms with van der Waals surface area (Å²) in [5, 5.41) is 10.1. The molecule has 0 aliphatic carbocycles. The van der Waals surface area contributed by atoms with Gasteiger partial charge in [-0.2, -0.15) is 13.2 Å². The van der Waals surface area contributed by atoms with E-state index in [4.69, 9.17) is 0 Å². The van der Waals surface area contributed by atoms with Gasteiger partial charge in [-0.15, -0.1) is 5.73 Å². The van der Waals surface area contributed by atoms with E-state index in [0.29, 0.717) is 11.1 Å². The largest absolute Gasteiger partial charge is 0.416 e. The molecule has 0 heterocycles. The number of aliphatic hydroxyl groups is 1. The summed E-state index contributed by atoms with van der Waals surface area (Å²) >= 11 is 0. The number of hydrogen-bond donors (Lipinski definition) is 1. The van der Waals surface area contributed by atoms with Crippen LogP contribution in [0.15, 0.2) is 42.1 Å². The van der Waals surface area contributed by atoms with Gasteiger partial charge in [0.1, 0.15) is 5.60 Å². The van der Waals surface area contributed by atoms with Crippen molar-refractivity contribution in [2.75, 3.05) is 0 Å². The van der Waals surface area contributed by atoms with Crippen LogP contribution in [-0.4, -0.2) is 5.11 Å². The van der Waals surface area contributed by atoms with Crippen molar-refractivity contribution in [2.45, 2.75) is 25.6 Å². The van der Waals surface area contributed by atoms with Gasteiger partial charge in [0.2, 0.25) is 0 Å². The molecule has 92 valence electrons. The summed E-state index contributed by atoms with van der Waals surface area (Å²) in [6.07, 6.45) is -4.37. The molecular weight excluding hydrogens is 229 g/mol. The molecule has 0 aliphatic rings. The van der Waals surface area contributed by atoms with Crippen LogP contribution in [0.4, 0.5) is 13.2 Å². The Labute approximate surface area is 97.9 Å². The number of halogens is 3. The summed E-state index contributed by atoms with van der Waals surface area (Å²) in [7, 11) is 0. The minimum absolute atomic E-state index is 0.374. The van der Waals surface area contributed by atoms with Gasteiger partial charge in [0.15, 0.2) is 0 Å². The molecular formula is C13H13F3O. The zero-order chi connectivity index (χ0) is 13.3. The van der Waals surface area contributed by atoms with E-state index >= 15 is 0 Å². The Kier molecular flexibility index (Phi) is 3.51. The third-order valence-corrected chi connectivity index (χ3v) is 2.77. The SMILES string of the molecule is C=C=C(C)C(C)(O)c1ccc(C(F)(F)F)cc1. The Morgan fingerprint density at radius 1 is 1.18 bits per heavy atom. The van der Waals surface area contributed by atoms with Crippen LogP contribution in [0.1, 0.15) is 25.0 Å². The van der Waals surface area contributed by atoms with Crippen LogP contribution in [0.3, 0.4) is 0 Å². The topological polar surface area (TPSA) is 20.2 Å². The third kappa shape index (κ3) is 2.78. The number of benzene rings is 1. The van der Waals surface area contributed by atoms with Crippen LogP contribution < -0.4 is 0 Å². The molecule has 1 unspecified atom stereocenters. The van der Waals surface area contributed by atoms with Gasteiger partial charge in [0.05, 0.1) is 5.56 Å². The first-order valence-electron chi connectivity index (χ1n) is 4.97. The maximum absolute atomic E-state index is 12.4. The van der Waals surface area contributed by atoms with E-state index < -0.39 is 17.3 Å². The molecule has 0 aliphatic heterocycles. The second kappa shape index (κ2) is 4.40. The van der Waals surface area contributed by atoms with Gasteiger partial charge in [-0.1, -0.05) is 18.7 Å². The lowest BCUT2D eigenvalue weighted by atomic mass is 9.89. The monoisotopic (exact) mass is 242 g/mol. The summed E-state index contributed by atoms with van der Waals surface area (Å²) in [5.74, 6) is 0. The summed E-state index contributed by atoms with van der Waals surface area (Å²) in [4.78, 5) is 0. The lowest BCUT2D eigenvalue weighted by Crippen LogP contribution is -2.22. The molecule has 1 N–H and O–H groups in total. The summed E-state index contributed by atoms with van der Waals surface area (Å²) in [5.41, 5.74) is 1.28. The Morgan fingerprint density at radius 3 is 1.94 bits per heavy atom. The van der Waals surface area contributed by atoms with Gasteiger partial charge in [-0.3, -0.25) is 0 Å². The highest BCUT2D eigenvalue weighted by molar-refractivity contribution is 5.33. The second-order valence-electron chi connectivity index (χ2n) is 3.95. The molecule has 0 radical (unpaired) electrons. The highest BCUT2D eigenvalue weighted by Gasteiger charge is 2.31. The van der Waals surface area contributed by atoms with E-state index in [1.54, 1.807) is 6.92 Å². The first-order chi connectivity index (χ1) is 7.69. The molecule has 1 nitrogen and oxygen atoms in total. The fraction of sp³-hybridized carbons (Fsp3) is 0.308. The van der Waals surface area contributed by atoms with E-state index in [-0.39, 0.29) is 0 Å². The predicted molar refractivity (Wildman–Crippen MR) is 59.3 cm³/mol. The van der Waals surface area contributed by atoms with Crippen molar-refractivity contribution < 1.29 is 18.3 Å². The Bertz CT molecular complexity index is 449. The Balaban J connectivity index is 3.16. The number of hydrogen-bond acceptors (Lipinski definition) is 1. The van der Waals surface area contributed by atoms with Gasteiger partial charge in [-0.25, -0.2) is 0 Å². The molecule has 17 heavy (non-hydrogen) atoms. The fourth-order valence-electron chi connectivity index (χ4n) is 1.37. The average molecular weight is 242 g/mol. The summed E-state index contributed by atoms with van der Waals surface area (Å²) < 4.78 is 37.1. The van der Waals surface area contributed by atoms with Crippen LogP contribution in [-0.2, 0) is 11.8 Å². The summed E-state index contributed by atoms with van der Waals surface area (Å²) in [6.45, 7) is 6.51. The molecule has 0 spiro atoms. The van der Waals surface area contributed by atoms with E-state index in [1.165, 1.54) is 19.1 Å². The first-order valence-corrected chi connectivity index (χ1v) is 4.97. The molecule has 0 bridgehead atoms. The predicted octanol–water partition coefficient (Wildman–Crippen LogP) is 3.64. The molecule has 0 saturated carbocycles. The van der Waals surface area contributed by atoms with Crippen LogP contribution in [0, 0.1) is 0 Å². The average Bonchev–Trinajstić information content (AvgIpc) is 2.27. The Morgan fingerprint density at radius 2 is 1.59 bits per heavy atom. The zero-order valence-corrected chi connectivity index (χ0v) is 9.60. The van der Waals surface area contributed by atoms with E-state index in [1.807, 2.05) is 0 Å². The van der Waals surface area contributed by atoms with Crippen LogP contribution in [0.25, 0.3) is 0 Å². The van der Waals surface area contributed by atoms with Crippen molar-refractivity contribution in [1.29, 1.82) is 0 Å². The van der Waals surface area contributed by atoms with Crippen molar-refractivity contribution in [2.24, 2.45) is 0 Å². The molecule has 0 amide bonds. The molecule has 0 aromatic heterocycles. The standard InChI is InChI=1S/C13H13F3O/c1-4-9(2)12(3,17)10-5-7-11(8-6-10)13(14,15)16/h5-8,17H,1H2,2-3H3. The number of alkyl halides is 3. The molecule has 0 saturated heterocycles. The molecule has 1 aromatic carbocycles. The van der Waals surface area contributed by atoms with Crippen LogP contribution in [0.5, 0.6) is 0 Å². The van der Waals surface area contributed by atoms with E-state index in [9.17, 15) is 18.3 Å². The Hall–Kier alpha value is -1.51. The van der Waals surface area contributed by atoms with Crippen molar-refractivity contribution in [3.05, 3.63) is 53.3 Å². The van der Waals surface area contributed by atoms with Gasteiger partial charge >= 0.3 is 6.18 Å². The second-order valence-corrected chi connectivity index (χ2v) is 3.95. The van der Waals surface area contributed by atoms with Crippen molar-refractivity contribution in [3.8, 4) is 0 Å². The molecule has 1 atom stereocenters. The number of rotatable bonds is 2. The third-order valence-electron chi connectivity index (χ3n) is 2.77. The molecule has 4 heteroatoms. The smallest absolute Gasteiger partial charge is 0.380 e. The van der Waals surface area contributed by atoms with E-state index in [0.717, 1.165) is 12.1 Å². The van der Waals surface area contributed by atoms with Gasteiger partial charge < -0.3 is 5.11 Å². The van der Waals surface area contributed by atoms with Gasteiger partial charge in [0, 0.05) is 5.57 Å². The van der Waals surface area contributed by atoms with Crippen molar-refractivity contribution >= 4 is 0 Å². The minimum atomic E-state index is -4.37. The van der Waals surface area contributed by atoms with Crippen LogP contribution >= 0.6 is 0 Å². The highest BCUT2D eigenvalue weighted by atomic mass is 19.4. The molecule has 0 fully saturated rings. The maximum Gasteiger partial charge on any atom is 0.416 e. The summed E-state index contributed by atoms with van der Waals surface area (Å²) in [6, 6.07) is 4.40.